The second-order valence-electron chi connectivity index (χ2n) is 4.35. The van der Waals surface area contributed by atoms with Crippen molar-refractivity contribution >= 4 is 27.5 Å². The van der Waals surface area contributed by atoms with Crippen molar-refractivity contribution < 1.29 is 0 Å². The maximum atomic E-state index is 5.99. The van der Waals surface area contributed by atoms with Gasteiger partial charge in [0.2, 0.25) is 0 Å². The monoisotopic (exact) mass is 302 g/mol. The van der Waals surface area contributed by atoms with E-state index in [2.05, 4.69) is 35.0 Å². The molecule has 0 fully saturated rings. The van der Waals surface area contributed by atoms with Crippen molar-refractivity contribution in [3.8, 4) is 0 Å². The van der Waals surface area contributed by atoms with E-state index in [-0.39, 0.29) is 0 Å². The van der Waals surface area contributed by atoms with Gasteiger partial charge in [-0.15, -0.1) is 0 Å². The van der Waals surface area contributed by atoms with E-state index in [0.717, 1.165) is 22.7 Å². The second-order valence-corrected chi connectivity index (χ2v) is 5.43. The minimum Gasteiger partial charge on any atom is -0.0925 e. The quantitative estimate of drug-likeness (QED) is 0.462. The van der Waals surface area contributed by atoms with Crippen LogP contribution >= 0.6 is 27.5 Å². The van der Waals surface area contributed by atoms with Crippen LogP contribution in [0.3, 0.4) is 0 Å². The summed E-state index contributed by atoms with van der Waals surface area (Å²) < 4.78 is 0. The first-order valence-corrected chi connectivity index (χ1v) is 7.56. The van der Waals surface area contributed by atoms with Crippen molar-refractivity contribution in [3.05, 3.63) is 34.9 Å². The molecule has 0 amide bonds. The third-order valence-corrected chi connectivity index (χ3v) is 4.00. The van der Waals surface area contributed by atoms with Crippen LogP contribution in [0.2, 0.25) is 5.02 Å². The van der Waals surface area contributed by atoms with Gasteiger partial charge in [0.1, 0.15) is 0 Å². The molecule has 0 saturated heterocycles. The van der Waals surface area contributed by atoms with Crippen molar-refractivity contribution in [1.82, 2.24) is 0 Å². The van der Waals surface area contributed by atoms with Gasteiger partial charge in [0.05, 0.1) is 0 Å². The lowest BCUT2D eigenvalue weighted by molar-refractivity contribution is 0.503. The Balaban J connectivity index is 2.43. The van der Waals surface area contributed by atoms with E-state index in [1.54, 1.807) is 0 Å². The molecule has 1 unspecified atom stereocenters. The molecule has 0 N–H and O–H groups in total. The first-order valence-electron chi connectivity index (χ1n) is 6.06. The van der Waals surface area contributed by atoms with E-state index in [4.69, 9.17) is 11.6 Å². The van der Waals surface area contributed by atoms with Crippen molar-refractivity contribution in [2.45, 2.75) is 39.0 Å². The second kappa shape index (κ2) is 8.14. The van der Waals surface area contributed by atoms with Crippen LogP contribution in [0.5, 0.6) is 0 Å². The largest absolute Gasteiger partial charge is 0.0925 e. The molecule has 0 saturated carbocycles. The first kappa shape index (κ1) is 14.1. The number of rotatable bonds is 7. The molecule has 1 atom stereocenters. The van der Waals surface area contributed by atoms with Crippen LogP contribution in [-0.4, -0.2) is 5.33 Å². The predicted octanol–water partition coefficient (Wildman–Crippen LogP) is 5.47. The number of hydrogen-bond acceptors (Lipinski definition) is 0. The van der Waals surface area contributed by atoms with E-state index in [1.807, 2.05) is 12.1 Å². The first-order chi connectivity index (χ1) is 7.76. The van der Waals surface area contributed by atoms with Gasteiger partial charge in [0, 0.05) is 10.4 Å². The average Bonchev–Trinajstić information content (AvgIpc) is 2.28. The van der Waals surface area contributed by atoms with Crippen LogP contribution in [0, 0.1) is 5.92 Å². The van der Waals surface area contributed by atoms with Crippen molar-refractivity contribution in [2.75, 3.05) is 5.33 Å². The molecule has 0 aliphatic heterocycles. The lowest BCUT2D eigenvalue weighted by atomic mass is 9.95. The summed E-state index contributed by atoms with van der Waals surface area (Å²) in [6.45, 7) is 2.25. The fourth-order valence-corrected chi connectivity index (χ4v) is 2.68. The van der Waals surface area contributed by atoms with Gasteiger partial charge in [-0.2, -0.15) is 0 Å². The third kappa shape index (κ3) is 5.36. The molecule has 0 aliphatic carbocycles. The molecule has 90 valence electrons. The number of unbranched alkanes of at least 4 members (excludes halogenated alkanes) is 2. The van der Waals surface area contributed by atoms with E-state index < -0.39 is 0 Å². The Labute approximate surface area is 113 Å². The molecule has 16 heavy (non-hydrogen) atoms. The molecule has 0 spiro atoms. The van der Waals surface area contributed by atoms with Crippen LogP contribution in [0.4, 0.5) is 0 Å². The van der Waals surface area contributed by atoms with Crippen LogP contribution in [-0.2, 0) is 6.42 Å². The molecular weight excluding hydrogens is 284 g/mol. The summed E-state index contributed by atoms with van der Waals surface area (Å²) in [5.74, 6) is 0.741. The van der Waals surface area contributed by atoms with Crippen molar-refractivity contribution in [2.24, 2.45) is 5.92 Å². The van der Waals surface area contributed by atoms with Gasteiger partial charge in [-0.1, -0.05) is 65.8 Å². The SMILES string of the molecule is CCCCCC(CBr)Cc1cccc(Cl)c1. The van der Waals surface area contributed by atoms with Gasteiger partial charge in [-0.25, -0.2) is 0 Å². The number of hydrogen-bond donors (Lipinski definition) is 0. The Bertz CT molecular complexity index is 299. The maximum Gasteiger partial charge on any atom is 0.0408 e. The highest BCUT2D eigenvalue weighted by Gasteiger charge is 2.08. The molecule has 0 radical (unpaired) electrons. The summed E-state index contributed by atoms with van der Waals surface area (Å²) >= 11 is 9.60. The molecule has 0 aromatic heterocycles. The summed E-state index contributed by atoms with van der Waals surface area (Å²) in [6, 6.07) is 8.22. The Morgan fingerprint density at radius 3 is 2.75 bits per heavy atom. The van der Waals surface area contributed by atoms with Crippen LogP contribution in [0.1, 0.15) is 38.2 Å². The summed E-state index contributed by atoms with van der Waals surface area (Å²) in [4.78, 5) is 0. The molecule has 1 rings (SSSR count). The molecule has 0 heterocycles. The zero-order valence-corrected chi connectivity index (χ0v) is 12.2. The van der Waals surface area contributed by atoms with Crippen LogP contribution in [0.15, 0.2) is 24.3 Å². The summed E-state index contributed by atoms with van der Waals surface area (Å²) in [7, 11) is 0. The Kier molecular flexibility index (Phi) is 7.15. The van der Waals surface area contributed by atoms with Crippen LogP contribution in [0.25, 0.3) is 0 Å². The summed E-state index contributed by atoms with van der Waals surface area (Å²) in [6.07, 6.45) is 6.43. The molecule has 2 heteroatoms. The predicted molar refractivity (Wildman–Crippen MR) is 76.6 cm³/mol. The Morgan fingerprint density at radius 2 is 2.12 bits per heavy atom. The molecule has 0 nitrogen and oxygen atoms in total. The molecule has 1 aromatic carbocycles. The van der Waals surface area contributed by atoms with Crippen LogP contribution < -0.4 is 0 Å². The van der Waals surface area contributed by atoms with Gasteiger partial charge in [0.15, 0.2) is 0 Å². The standard InChI is InChI=1S/C14H20BrCl/c1-2-3-4-6-13(11-15)9-12-7-5-8-14(16)10-12/h5,7-8,10,13H,2-4,6,9,11H2,1H3. The normalized spacial score (nSPS) is 12.7. The number of halogens is 2. The van der Waals surface area contributed by atoms with Gasteiger partial charge in [-0.3, -0.25) is 0 Å². The lowest BCUT2D eigenvalue weighted by Crippen LogP contribution is -2.06. The van der Waals surface area contributed by atoms with E-state index in [9.17, 15) is 0 Å². The fraction of sp³-hybridized carbons (Fsp3) is 0.571. The minimum atomic E-state index is 0.741. The van der Waals surface area contributed by atoms with Crippen molar-refractivity contribution in [1.29, 1.82) is 0 Å². The van der Waals surface area contributed by atoms with E-state index >= 15 is 0 Å². The lowest BCUT2D eigenvalue weighted by Gasteiger charge is -2.13. The van der Waals surface area contributed by atoms with Crippen molar-refractivity contribution in [3.63, 3.8) is 0 Å². The Hall–Kier alpha value is -0.0100. The average molecular weight is 304 g/mol. The van der Waals surface area contributed by atoms with Gasteiger partial charge in [0.25, 0.3) is 0 Å². The molecular formula is C14H20BrCl. The molecule has 0 aliphatic rings. The number of alkyl halides is 1. The third-order valence-electron chi connectivity index (χ3n) is 2.85. The number of benzene rings is 1. The highest BCUT2D eigenvalue weighted by molar-refractivity contribution is 9.09. The van der Waals surface area contributed by atoms with Gasteiger partial charge in [-0.05, 0) is 36.5 Å². The highest BCUT2D eigenvalue weighted by atomic mass is 79.9. The van der Waals surface area contributed by atoms with Gasteiger partial charge >= 0.3 is 0 Å². The topological polar surface area (TPSA) is 0 Å². The fourth-order valence-electron chi connectivity index (χ4n) is 1.91. The van der Waals surface area contributed by atoms with Gasteiger partial charge < -0.3 is 0 Å². The highest BCUT2D eigenvalue weighted by Crippen LogP contribution is 2.20. The van der Waals surface area contributed by atoms with E-state index in [0.29, 0.717) is 0 Å². The molecule has 1 aromatic rings. The zero-order valence-electron chi connectivity index (χ0n) is 9.89. The smallest absolute Gasteiger partial charge is 0.0408 e. The minimum absolute atomic E-state index is 0.741. The maximum absolute atomic E-state index is 5.99. The van der Waals surface area contributed by atoms with E-state index in [1.165, 1.54) is 31.2 Å². The Morgan fingerprint density at radius 1 is 1.31 bits per heavy atom. The molecule has 0 bridgehead atoms. The summed E-state index contributed by atoms with van der Waals surface area (Å²) in [5, 5.41) is 1.93. The summed E-state index contributed by atoms with van der Waals surface area (Å²) in [5.41, 5.74) is 1.36. The zero-order chi connectivity index (χ0) is 11.8.